The molecular weight excluding hydrogens is 744 g/mol. The molecule has 0 bridgehead atoms. The summed E-state index contributed by atoms with van der Waals surface area (Å²) in [6.07, 6.45) is -1.27. The van der Waals surface area contributed by atoms with Crippen molar-refractivity contribution >= 4 is 41.2 Å². The van der Waals surface area contributed by atoms with E-state index >= 15 is 0 Å². The van der Waals surface area contributed by atoms with Crippen molar-refractivity contribution in [2.75, 3.05) is 25.0 Å². The van der Waals surface area contributed by atoms with Crippen LogP contribution in [0.4, 0.5) is 20.2 Å². The first-order valence-electron chi connectivity index (χ1n) is 19.3. The van der Waals surface area contributed by atoms with Crippen molar-refractivity contribution in [3.63, 3.8) is 0 Å². The van der Waals surface area contributed by atoms with Crippen LogP contribution in [0.2, 0.25) is 0 Å². The molecule has 4 rings (SSSR count). The van der Waals surface area contributed by atoms with E-state index in [1.165, 1.54) is 12.7 Å². The summed E-state index contributed by atoms with van der Waals surface area (Å²) in [6, 6.07) is -1.54. The second-order valence-electron chi connectivity index (χ2n) is 18.2. The number of aliphatic carboxylic acids is 1. The number of nitrogens with one attached hydrogen (secondary N) is 3. The zero-order chi connectivity index (χ0) is 42.7. The monoisotopic (exact) mass is 806 g/mol. The topological polar surface area (TPSA) is 227 Å². The van der Waals surface area contributed by atoms with E-state index < -0.39 is 77.4 Å². The third kappa shape index (κ3) is 13.4. The molecule has 6 atom stereocenters. The summed E-state index contributed by atoms with van der Waals surface area (Å²) < 4.78 is 37.5. The second kappa shape index (κ2) is 17.7. The molecule has 2 aromatic rings. The third-order valence-electron chi connectivity index (χ3n) is 8.80. The molecule has 4 N–H and O–H groups in total. The maximum absolute atomic E-state index is 12.8. The van der Waals surface area contributed by atoms with Gasteiger partial charge in [-0.3, -0.25) is 9.88 Å². The zero-order valence-electron chi connectivity index (χ0n) is 35.5. The smallest absolute Gasteiger partial charge is 0.413 e. The van der Waals surface area contributed by atoms with Crippen LogP contribution in [-0.2, 0) is 33.2 Å². The van der Waals surface area contributed by atoms with E-state index in [9.17, 15) is 24.3 Å². The van der Waals surface area contributed by atoms with Crippen LogP contribution < -0.4 is 16.0 Å². The summed E-state index contributed by atoms with van der Waals surface area (Å²) in [7, 11) is 0. The van der Waals surface area contributed by atoms with Gasteiger partial charge in [0.2, 0.25) is 0 Å². The molecule has 2 fully saturated rings. The van der Waals surface area contributed by atoms with Crippen LogP contribution in [0.25, 0.3) is 11.2 Å². The molecular formula is C38H62N8O11. The van der Waals surface area contributed by atoms with Crippen LogP contribution in [0.1, 0.15) is 109 Å². The highest BCUT2D eigenvalue weighted by Crippen LogP contribution is 2.44. The molecule has 19 heteroatoms. The van der Waals surface area contributed by atoms with Crippen molar-refractivity contribution in [1.29, 1.82) is 0 Å². The summed E-state index contributed by atoms with van der Waals surface area (Å²) in [6.45, 7) is 24.2. The van der Waals surface area contributed by atoms with Crippen LogP contribution in [0.15, 0.2) is 12.7 Å². The maximum Gasteiger partial charge on any atom is 0.413 e. The van der Waals surface area contributed by atoms with Gasteiger partial charge in [0, 0.05) is 25.7 Å². The SMILES string of the molecule is CC(C)[C@H](CCN(CC[C@H](NC(=O)OC(C)(C)C)C(=O)O)C[C@H]1O[C@@H](n2cnc3c(NC(=O)OC(C)(C)C)ncnc32)[C@@H]2OC(C)(C)O[C@@H]21)NC(=O)OC(C)(C)C. The Bertz CT molecular complexity index is 1730. The fourth-order valence-electron chi connectivity index (χ4n) is 6.48. The first-order valence-corrected chi connectivity index (χ1v) is 19.3. The van der Waals surface area contributed by atoms with Crippen molar-refractivity contribution in [3.8, 4) is 0 Å². The molecule has 0 spiro atoms. The number of nitrogens with zero attached hydrogens (tertiary/aromatic N) is 5. The van der Waals surface area contributed by atoms with E-state index in [-0.39, 0.29) is 37.3 Å². The van der Waals surface area contributed by atoms with E-state index in [1.807, 2.05) is 32.6 Å². The van der Waals surface area contributed by atoms with Gasteiger partial charge in [-0.15, -0.1) is 0 Å². The van der Waals surface area contributed by atoms with E-state index in [1.54, 1.807) is 66.9 Å². The van der Waals surface area contributed by atoms with E-state index in [0.29, 0.717) is 24.1 Å². The van der Waals surface area contributed by atoms with Crippen LogP contribution in [0.5, 0.6) is 0 Å². The quantitative estimate of drug-likeness (QED) is 0.180. The normalized spacial score (nSPS) is 21.9. The minimum absolute atomic E-state index is 0.0318. The third-order valence-corrected chi connectivity index (χ3v) is 8.80. The summed E-state index contributed by atoms with van der Waals surface area (Å²) in [5.74, 6) is -1.99. The lowest BCUT2D eigenvalue weighted by molar-refractivity contribution is -0.198. The Morgan fingerprint density at radius 2 is 1.40 bits per heavy atom. The molecule has 0 aliphatic carbocycles. The zero-order valence-corrected chi connectivity index (χ0v) is 35.5. The van der Waals surface area contributed by atoms with Gasteiger partial charge < -0.3 is 49.1 Å². The molecule has 4 heterocycles. The highest BCUT2D eigenvalue weighted by Gasteiger charge is 2.56. The summed E-state index contributed by atoms with van der Waals surface area (Å²) >= 11 is 0. The van der Waals surface area contributed by atoms with Gasteiger partial charge in [0.25, 0.3) is 0 Å². The number of alkyl carbamates (subject to hydrolysis) is 2. The minimum Gasteiger partial charge on any atom is -0.480 e. The number of carboxylic acids is 1. The van der Waals surface area contributed by atoms with Crippen LogP contribution in [-0.4, -0.2) is 126 Å². The standard InChI is InChI=1S/C38H62N8O11/c1-21(2)22(42-32(49)55-35(3,4)5)14-16-45(17-15-23(31(47)48)43-33(50)56-36(6,7)8)18-24-26-27(54-38(12,13)53-26)30(52-24)46-20-41-25-28(39-19-40-29(25)46)44-34(51)57-37(9,10)11/h19-24,26-27,30H,14-18H2,1-13H3,(H,42,49)(H,43,50)(H,47,48)(H,39,40,44,51)/t22-,23-,24+,26+,27+,30+/m0/s1. The lowest BCUT2D eigenvalue weighted by Crippen LogP contribution is -2.48. The number of carbonyl (C=O) groups excluding carboxylic acids is 3. The Morgan fingerprint density at radius 3 is 1.98 bits per heavy atom. The first kappa shape index (κ1) is 45.4. The number of carboxylic acid groups (broad SMARTS) is 1. The van der Waals surface area contributed by atoms with Crippen molar-refractivity contribution in [2.24, 2.45) is 5.92 Å². The summed E-state index contributed by atoms with van der Waals surface area (Å²) in [5, 5.41) is 18.2. The Balaban J connectivity index is 1.60. The highest BCUT2D eigenvalue weighted by molar-refractivity contribution is 5.93. The molecule has 57 heavy (non-hydrogen) atoms. The number of rotatable bonds is 14. The van der Waals surface area contributed by atoms with Crippen molar-refractivity contribution in [3.05, 3.63) is 12.7 Å². The average molecular weight is 807 g/mol. The molecule has 0 aromatic carbocycles. The Hall–Kier alpha value is -4.33. The highest BCUT2D eigenvalue weighted by atomic mass is 16.8. The summed E-state index contributed by atoms with van der Waals surface area (Å²) in [5.41, 5.74) is -1.56. The second-order valence-corrected chi connectivity index (χ2v) is 18.2. The number of ether oxygens (including phenoxy) is 6. The van der Waals surface area contributed by atoms with Crippen LogP contribution >= 0.6 is 0 Å². The number of fused-ring (bicyclic) bond motifs is 2. The van der Waals surface area contributed by atoms with Gasteiger partial charge in [-0.25, -0.2) is 34.1 Å². The molecule has 320 valence electrons. The predicted molar refractivity (Wildman–Crippen MR) is 207 cm³/mol. The lowest BCUT2D eigenvalue weighted by Gasteiger charge is -2.32. The number of aromatic nitrogens is 4. The average Bonchev–Trinajstić information content (AvgIpc) is 3.69. The molecule has 3 amide bonds. The van der Waals surface area contributed by atoms with Gasteiger partial charge in [-0.05, 0) is 94.9 Å². The first-order chi connectivity index (χ1) is 26.2. The fourth-order valence-corrected chi connectivity index (χ4v) is 6.48. The van der Waals surface area contributed by atoms with Gasteiger partial charge >= 0.3 is 24.2 Å². The molecule has 2 saturated heterocycles. The molecule has 2 aliphatic heterocycles. The van der Waals surface area contributed by atoms with Crippen molar-refractivity contribution < 1.29 is 52.7 Å². The van der Waals surface area contributed by atoms with E-state index in [2.05, 4.69) is 30.9 Å². The van der Waals surface area contributed by atoms with Gasteiger partial charge in [-0.2, -0.15) is 0 Å². The molecule has 2 aliphatic rings. The summed E-state index contributed by atoms with van der Waals surface area (Å²) in [4.78, 5) is 65.5. The van der Waals surface area contributed by atoms with Crippen molar-refractivity contribution in [1.82, 2.24) is 35.1 Å². The number of carbonyl (C=O) groups is 4. The predicted octanol–water partition coefficient (Wildman–Crippen LogP) is 5.20. The number of imidazole rings is 1. The molecule has 0 unspecified atom stereocenters. The van der Waals surface area contributed by atoms with E-state index in [0.717, 1.165) is 0 Å². The van der Waals surface area contributed by atoms with Crippen LogP contribution in [0, 0.1) is 5.92 Å². The number of hydrogen-bond acceptors (Lipinski definition) is 14. The number of anilines is 1. The van der Waals surface area contributed by atoms with Crippen LogP contribution in [0.3, 0.4) is 0 Å². The Morgan fingerprint density at radius 1 is 0.842 bits per heavy atom. The van der Waals surface area contributed by atoms with Gasteiger partial charge in [0.05, 0.1) is 6.33 Å². The van der Waals surface area contributed by atoms with Gasteiger partial charge in [0.1, 0.15) is 47.5 Å². The molecule has 2 aromatic heterocycles. The van der Waals surface area contributed by atoms with Gasteiger partial charge in [-0.1, -0.05) is 13.8 Å². The molecule has 0 radical (unpaired) electrons. The largest absolute Gasteiger partial charge is 0.480 e. The molecule has 0 saturated carbocycles. The molecule has 19 nitrogen and oxygen atoms in total. The number of amides is 3. The minimum atomic E-state index is -1.25. The van der Waals surface area contributed by atoms with Crippen molar-refractivity contribution in [2.45, 2.75) is 162 Å². The Kier molecular flexibility index (Phi) is 14.1. The van der Waals surface area contributed by atoms with Gasteiger partial charge in [0.15, 0.2) is 29.0 Å². The van der Waals surface area contributed by atoms with E-state index in [4.69, 9.17) is 28.4 Å². The lowest BCUT2D eigenvalue weighted by atomic mass is 10.0. The number of hydrogen-bond donors (Lipinski definition) is 4. The Labute approximate surface area is 334 Å². The maximum atomic E-state index is 12.8. The fraction of sp³-hybridized carbons (Fsp3) is 0.763.